The zero-order valence-electron chi connectivity index (χ0n) is 12.3. The quantitative estimate of drug-likeness (QED) is 0.847. The van der Waals surface area contributed by atoms with E-state index in [4.69, 9.17) is 4.74 Å². The molecule has 2 aromatic heterocycles. The monoisotopic (exact) mass is 320 g/mol. The molecule has 22 heavy (non-hydrogen) atoms. The average molecular weight is 320 g/mol. The van der Waals surface area contributed by atoms with E-state index in [2.05, 4.69) is 20.6 Å². The minimum Gasteiger partial charge on any atom is -0.478 e. The third-order valence-electron chi connectivity index (χ3n) is 2.59. The number of hydrogen-bond acceptors (Lipinski definition) is 6. The maximum atomic E-state index is 12.0. The van der Waals surface area contributed by atoms with Gasteiger partial charge in [0.05, 0.1) is 6.61 Å². The molecule has 0 spiro atoms. The van der Waals surface area contributed by atoms with Crippen molar-refractivity contribution in [1.29, 1.82) is 0 Å². The summed E-state index contributed by atoms with van der Waals surface area (Å²) in [6.45, 7) is 4.05. The van der Waals surface area contributed by atoms with Crippen molar-refractivity contribution in [2.45, 2.75) is 20.4 Å². The smallest absolute Gasteiger partial charge is 0.271 e. The number of anilines is 1. The molecule has 2 N–H and O–H groups in total. The number of rotatable bonds is 6. The predicted molar refractivity (Wildman–Crippen MR) is 83.0 cm³/mol. The number of carbonyl (C=O) groups is 2. The third kappa shape index (κ3) is 4.26. The molecular weight excluding hydrogens is 304 g/mol. The Hall–Kier alpha value is -2.48. The van der Waals surface area contributed by atoms with Gasteiger partial charge in [0.15, 0.2) is 5.13 Å². The van der Waals surface area contributed by atoms with Gasteiger partial charge in [0.1, 0.15) is 5.69 Å². The maximum absolute atomic E-state index is 12.0. The third-order valence-corrected chi connectivity index (χ3v) is 3.35. The Balaban J connectivity index is 1.98. The maximum Gasteiger partial charge on any atom is 0.271 e. The second kappa shape index (κ2) is 7.51. The summed E-state index contributed by atoms with van der Waals surface area (Å²) in [5, 5.41) is 7.28. The van der Waals surface area contributed by atoms with Crippen LogP contribution in [-0.4, -0.2) is 28.4 Å². The lowest BCUT2D eigenvalue weighted by Crippen LogP contribution is -2.23. The lowest BCUT2D eigenvalue weighted by atomic mass is 10.2. The van der Waals surface area contributed by atoms with E-state index in [0.29, 0.717) is 17.6 Å². The van der Waals surface area contributed by atoms with Crippen LogP contribution in [0.15, 0.2) is 23.7 Å². The van der Waals surface area contributed by atoms with E-state index in [9.17, 15) is 9.59 Å². The van der Waals surface area contributed by atoms with E-state index < -0.39 is 0 Å². The number of pyridine rings is 1. The SMILES string of the molecule is CCOc1ncccc1CNC(=O)c1csc(NC(C)=O)n1. The van der Waals surface area contributed by atoms with Crippen LogP contribution >= 0.6 is 11.3 Å². The first-order valence-corrected chi connectivity index (χ1v) is 7.56. The van der Waals surface area contributed by atoms with Crippen molar-refractivity contribution in [3.05, 3.63) is 35.0 Å². The van der Waals surface area contributed by atoms with Crippen molar-refractivity contribution in [1.82, 2.24) is 15.3 Å². The fraction of sp³-hybridized carbons (Fsp3) is 0.286. The lowest BCUT2D eigenvalue weighted by molar-refractivity contribution is -0.114. The number of carbonyl (C=O) groups excluding carboxylic acids is 2. The van der Waals surface area contributed by atoms with Gasteiger partial charge in [0.25, 0.3) is 5.91 Å². The molecule has 2 amide bonds. The van der Waals surface area contributed by atoms with Gasteiger partial charge >= 0.3 is 0 Å². The van der Waals surface area contributed by atoms with E-state index >= 15 is 0 Å². The Kier molecular flexibility index (Phi) is 5.42. The van der Waals surface area contributed by atoms with Crippen molar-refractivity contribution in [2.75, 3.05) is 11.9 Å². The number of hydrogen-bond donors (Lipinski definition) is 2. The van der Waals surface area contributed by atoms with Crippen molar-refractivity contribution in [3.8, 4) is 5.88 Å². The summed E-state index contributed by atoms with van der Waals surface area (Å²) in [7, 11) is 0. The highest BCUT2D eigenvalue weighted by Gasteiger charge is 2.12. The summed E-state index contributed by atoms with van der Waals surface area (Å²) >= 11 is 1.20. The van der Waals surface area contributed by atoms with Crippen molar-refractivity contribution in [2.24, 2.45) is 0 Å². The summed E-state index contributed by atoms with van der Waals surface area (Å²) in [5.74, 6) is -0.0420. The van der Waals surface area contributed by atoms with Crippen LogP contribution in [-0.2, 0) is 11.3 Å². The molecule has 2 rings (SSSR count). The van der Waals surface area contributed by atoms with Gasteiger partial charge in [-0.15, -0.1) is 11.3 Å². The van der Waals surface area contributed by atoms with E-state index in [1.165, 1.54) is 18.3 Å². The summed E-state index contributed by atoms with van der Waals surface area (Å²) in [4.78, 5) is 31.2. The molecule has 0 saturated heterocycles. The molecule has 0 radical (unpaired) electrons. The molecule has 8 heteroatoms. The highest BCUT2D eigenvalue weighted by molar-refractivity contribution is 7.14. The molecule has 0 aromatic carbocycles. The number of nitrogens with one attached hydrogen (secondary N) is 2. The number of thiazole rings is 1. The van der Waals surface area contributed by atoms with Gasteiger partial charge in [-0.1, -0.05) is 6.07 Å². The minimum absolute atomic E-state index is 0.224. The fourth-order valence-corrected chi connectivity index (χ4v) is 2.41. The highest BCUT2D eigenvalue weighted by atomic mass is 32.1. The van der Waals surface area contributed by atoms with E-state index in [1.807, 2.05) is 13.0 Å². The number of amides is 2. The van der Waals surface area contributed by atoms with E-state index in [1.54, 1.807) is 17.6 Å². The van der Waals surface area contributed by atoms with Crippen LogP contribution in [0.1, 0.15) is 29.9 Å². The van der Waals surface area contributed by atoms with Gasteiger partial charge in [-0.3, -0.25) is 9.59 Å². The summed E-state index contributed by atoms with van der Waals surface area (Å²) < 4.78 is 5.40. The van der Waals surface area contributed by atoms with E-state index in [-0.39, 0.29) is 24.1 Å². The van der Waals surface area contributed by atoms with Crippen LogP contribution in [0.3, 0.4) is 0 Å². The first-order chi connectivity index (χ1) is 10.6. The molecule has 0 aliphatic heterocycles. The zero-order valence-corrected chi connectivity index (χ0v) is 13.1. The van der Waals surface area contributed by atoms with Gasteiger partial charge in [-0.2, -0.15) is 0 Å². The standard InChI is InChI=1S/C14H16N4O3S/c1-3-21-13-10(5-4-6-15-13)7-16-12(20)11-8-22-14(18-11)17-9(2)19/h4-6,8H,3,7H2,1-2H3,(H,16,20)(H,17,18,19). The molecule has 7 nitrogen and oxygen atoms in total. The Morgan fingerprint density at radius 3 is 2.95 bits per heavy atom. The number of aromatic nitrogens is 2. The average Bonchev–Trinajstić information content (AvgIpc) is 2.94. The number of ether oxygens (including phenoxy) is 1. The second-order valence-corrected chi connectivity index (χ2v) is 5.16. The van der Waals surface area contributed by atoms with Crippen LogP contribution in [0.5, 0.6) is 5.88 Å². The molecule has 2 aromatic rings. The molecular formula is C14H16N4O3S. The normalized spacial score (nSPS) is 10.1. The Morgan fingerprint density at radius 2 is 2.23 bits per heavy atom. The van der Waals surface area contributed by atoms with Crippen LogP contribution in [0.2, 0.25) is 0 Å². The molecule has 0 atom stereocenters. The largest absolute Gasteiger partial charge is 0.478 e. The first-order valence-electron chi connectivity index (χ1n) is 6.68. The van der Waals surface area contributed by atoms with Crippen LogP contribution in [0.4, 0.5) is 5.13 Å². The highest BCUT2D eigenvalue weighted by Crippen LogP contribution is 2.16. The van der Waals surface area contributed by atoms with Crippen LogP contribution in [0, 0.1) is 0 Å². The molecule has 116 valence electrons. The molecule has 0 saturated carbocycles. The number of nitrogens with zero attached hydrogens (tertiary/aromatic N) is 2. The van der Waals surface area contributed by atoms with E-state index in [0.717, 1.165) is 5.56 Å². The van der Waals surface area contributed by atoms with Gasteiger partial charge in [-0.25, -0.2) is 9.97 Å². The Labute approximate surface area is 131 Å². The van der Waals surface area contributed by atoms with Crippen LogP contribution in [0.25, 0.3) is 0 Å². The van der Waals surface area contributed by atoms with Crippen molar-refractivity contribution < 1.29 is 14.3 Å². The first kappa shape index (κ1) is 15.9. The molecule has 0 aliphatic carbocycles. The Bertz CT molecular complexity index is 672. The minimum atomic E-state index is -0.320. The molecule has 2 heterocycles. The van der Waals surface area contributed by atoms with Gasteiger partial charge in [0.2, 0.25) is 11.8 Å². The molecule has 0 bridgehead atoms. The molecule has 0 unspecified atom stereocenters. The summed E-state index contributed by atoms with van der Waals surface area (Å²) in [5.41, 5.74) is 1.05. The molecule has 0 fully saturated rings. The fourth-order valence-electron chi connectivity index (χ4n) is 1.68. The van der Waals surface area contributed by atoms with Gasteiger partial charge < -0.3 is 15.4 Å². The van der Waals surface area contributed by atoms with Crippen molar-refractivity contribution in [3.63, 3.8) is 0 Å². The zero-order chi connectivity index (χ0) is 15.9. The van der Waals surface area contributed by atoms with Crippen molar-refractivity contribution >= 4 is 28.3 Å². The second-order valence-electron chi connectivity index (χ2n) is 4.30. The van der Waals surface area contributed by atoms with Crippen LogP contribution < -0.4 is 15.4 Å². The summed E-state index contributed by atoms with van der Waals surface area (Å²) in [6.07, 6.45) is 1.64. The van der Waals surface area contributed by atoms with Gasteiger partial charge in [0, 0.05) is 30.6 Å². The predicted octanol–water partition coefficient (Wildman–Crippen LogP) is 1.83. The Morgan fingerprint density at radius 1 is 1.41 bits per heavy atom. The van der Waals surface area contributed by atoms with Gasteiger partial charge in [-0.05, 0) is 13.0 Å². The molecule has 0 aliphatic rings. The summed E-state index contributed by atoms with van der Waals surface area (Å²) in [6, 6.07) is 3.61. The topological polar surface area (TPSA) is 93.2 Å². The lowest BCUT2D eigenvalue weighted by Gasteiger charge is -2.09.